The van der Waals surface area contributed by atoms with Gasteiger partial charge >= 0.3 is 18.4 Å². The van der Waals surface area contributed by atoms with Gasteiger partial charge < -0.3 is 66.9 Å². The molecule has 346 valence electrons. The molecule has 0 spiro atoms. The van der Waals surface area contributed by atoms with E-state index in [2.05, 4.69) is 4.98 Å². The molecule has 0 saturated carbocycles. The maximum atomic E-state index is 13.6. The number of aromatic nitrogens is 1. The van der Waals surface area contributed by atoms with Crippen molar-refractivity contribution in [1.82, 2.24) is 4.98 Å². The smallest absolute Gasteiger partial charge is 0.440 e. The van der Waals surface area contributed by atoms with Crippen LogP contribution in [0.2, 0.25) is 0 Å². The van der Waals surface area contributed by atoms with E-state index >= 15 is 0 Å². The van der Waals surface area contributed by atoms with Crippen LogP contribution in [0.4, 0.5) is 28.4 Å². The molecular weight excluding hydrogens is 833 g/mol. The second kappa shape index (κ2) is 29.0. The lowest BCUT2D eigenvalue weighted by Crippen LogP contribution is -2.27. The molecule has 0 bridgehead atoms. The normalized spacial score (nSPS) is 14.2. The van der Waals surface area contributed by atoms with Crippen LogP contribution in [0.5, 0.6) is 0 Å². The van der Waals surface area contributed by atoms with Crippen molar-refractivity contribution in [3.05, 3.63) is 64.4 Å². The largest absolute Gasteiger partial charge is 0.508 e. The Kier molecular flexibility index (Phi) is 23.5. The minimum atomic E-state index is -4.62. The molecule has 2 heterocycles. The lowest BCUT2D eigenvalue weighted by molar-refractivity contribution is -0.137. The molecule has 1 aliphatic heterocycles. The summed E-state index contributed by atoms with van der Waals surface area (Å²) in [6.07, 6.45) is -7.15. The zero-order valence-corrected chi connectivity index (χ0v) is 34.4. The number of aliphatic hydroxyl groups is 1. The summed E-state index contributed by atoms with van der Waals surface area (Å²) in [5.74, 6) is 0. The van der Waals surface area contributed by atoms with E-state index in [9.17, 15) is 27.6 Å². The fraction of sp³-hybridized carbons (Fsp3) is 0.585. The van der Waals surface area contributed by atoms with Crippen molar-refractivity contribution in [1.29, 1.82) is 0 Å². The van der Waals surface area contributed by atoms with Crippen LogP contribution in [0.3, 0.4) is 0 Å². The third-order valence-electron chi connectivity index (χ3n) is 8.58. The molecular formula is C41H55F3N2O16. The molecule has 62 heavy (non-hydrogen) atoms. The average Bonchev–Trinajstić information content (AvgIpc) is 3.64. The van der Waals surface area contributed by atoms with Crippen LogP contribution in [-0.4, -0.2) is 174 Å². The van der Waals surface area contributed by atoms with Gasteiger partial charge in [0.05, 0.1) is 138 Å². The zero-order valence-electron chi connectivity index (χ0n) is 34.4. The number of fused-ring (bicyclic) bond motifs is 1. The number of halogens is 3. The van der Waals surface area contributed by atoms with Crippen molar-refractivity contribution < 1.29 is 84.7 Å². The van der Waals surface area contributed by atoms with Crippen LogP contribution in [-0.2, 0) is 63.0 Å². The minimum Gasteiger partial charge on any atom is -0.440 e. The third kappa shape index (κ3) is 18.9. The second-order valence-corrected chi connectivity index (χ2v) is 13.1. The van der Waals surface area contributed by atoms with Crippen LogP contribution >= 0.6 is 0 Å². The van der Waals surface area contributed by atoms with E-state index in [1.54, 1.807) is 0 Å². The number of pyridine rings is 1. The zero-order chi connectivity index (χ0) is 44.3. The van der Waals surface area contributed by atoms with Gasteiger partial charge in [-0.3, -0.25) is 9.69 Å². The molecule has 1 atom stereocenters. The van der Waals surface area contributed by atoms with Crippen molar-refractivity contribution >= 4 is 28.7 Å². The molecule has 1 saturated heterocycles. The number of carbonyl (C=O) groups is 2. The number of alkyl halides is 3. The van der Waals surface area contributed by atoms with Crippen LogP contribution in [0.25, 0.3) is 22.0 Å². The summed E-state index contributed by atoms with van der Waals surface area (Å²) >= 11 is 0. The first-order valence-corrected chi connectivity index (χ1v) is 20.1. The van der Waals surface area contributed by atoms with E-state index in [0.29, 0.717) is 117 Å². The molecule has 4 rings (SSSR count). The number of nitrogens with one attached hydrogen (secondary N) is 1. The maximum Gasteiger partial charge on any atom is 0.508 e. The summed E-state index contributed by atoms with van der Waals surface area (Å²) in [5, 5.41) is 9.12. The standard InChI is InChI=1S/C41H55F3N2O16/c42-41(43,44)36-4-2-1-3-34(36)37-27-31-5-6-32(28-35(31)38(48)45-37)46-29-33(62-39(46)49)30-61-40(50)60-26-25-59-24-23-58-22-21-57-20-19-56-18-17-55-16-15-54-14-13-53-12-11-52-10-9-51-8-7-47/h1-6,27-28,33,47H,7-26,29-30H2,(H,45,48)/t33-/m0/s1. The van der Waals surface area contributed by atoms with E-state index < -0.39 is 35.7 Å². The number of nitrogens with zero attached hydrogens (tertiary/aromatic N) is 1. The highest BCUT2D eigenvalue weighted by molar-refractivity contribution is 5.94. The van der Waals surface area contributed by atoms with Crippen LogP contribution in [0, 0.1) is 0 Å². The number of H-pyrrole nitrogens is 1. The monoisotopic (exact) mass is 888 g/mol. The molecule has 1 aromatic heterocycles. The number of anilines is 1. The summed E-state index contributed by atoms with van der Waals surface area (Å²) in [5.41, 5.74) is -1.38. The van der Waals surface area contributed by atoms with Crippen LogP contribution in [0.15, 0.2) is 53.3 Å². The highest BCUT2D eigenvalue weighted by Gasteiger charge is 2.35. The lowest BCUT2D eigenvalue weighted by Gasteiger charge is -2.15. The molecule has 2 aromatic carbocycles. The first-order valence-electron chi connectivity index (χ1n) is 20.1. The van der Waals surface area contributed by atoms with Crippen molar-refractivity contribution in [3.8, 4) is 11.3 Å². The quantitative estimate of drug-likeness (QED) is 0.0660. The van der Waals surface area contributed by atoms with Gasteiger partial charge in [0.15, 0.2) is 6.10 Å². The fourth-order valence-electron chi connectivity index (χ4n) is 5.66. The SMILES string of the molecule is O=C(OCCOCCOCCOCCOCCOCCOCCOCCOCCOCCO)OC[C@@H]1CN(c2ccc3cc(-c4ccccc4C(F)(F)F)[nH]c(=O)c3c2)C(=O)O1. The lowest BCUT2D eigenvalue weighted by atomic mass is 10.0. The van der Waals surface area contributed by atoms with E-state index in [0.717, 1.165) is 6.07 Å². The van der Waals surface area contributed by atoms with E-state index in [-0.39, 0.29) is 56.2 Å². The number of ether oxygens (including phenoxy) is 12. The van der Waals surface area contributed by atoms with Crippen molar-refractivity contribution in [2.75, 3.05) is 150 Å². The fourth-order valence-corrected chi connectivity index (χ4v) is 5.66. The van der Waals surface area contributed by atoms with Gasteiger partial charge in [-0.05, 0) is 29.7 Å². The maximum absolute atomic E-state index is 13.6. The number of aromatic amines is 1. The number of hydrogen-bond acceptors (Lipinski definition) is 16. The third-order valence-corrected chi connectivity index (χ3v) is 8.58. The van der Waals surface area contributed by atoms with Gasteiger partial charge in [-0.2, -0.15) is 13.2 Å². The van der Waals surface area contributed by atoms with Crippen LogP contribution in [0.1, 0.15) is 5.56 Å². The van der Waals surface area contributed by atoms with Crippen molar-refractivity contribution in [2.45, 2.75) is 12.3 Å². The first kappa shape index (κ1) is 50.2. The molecule has 1 aliphatic rings. The number of benzene rings is 2. The Morgan fingerprint density at radius 1 is 0.661 bits per heavy atom. The second-order valence-electron chi connectivity index (χ2n) is 13.1. The number of hydrogen-bond donors (Lipinski definition) is 2. The molecule has 0 unspecified atom stereocenters. The molecule has 1 amide bonds. The molecule has 1 fully saturated rings. The minimum absolute atomic E-state index is 0.0000364. The first-order chi connectivity index (χ1) is 30.2. The Morgan fingerprint density at radius 3 is 1.65 bits per heavy atom. The van der Waals surface area contributed by atoms with Crippen molar-refractivity contribution in [2.24, 2.45) is 0 Å². The van der Waals surface area contributed by atoms with Gasteiger partial charge in [0, 0.05) is 22.3 Å². The molecule has 0 radical (unpaired) electrons. The molecule has 21 heteroatoms. The number of carbonyl (C=O) groups excluding carboxylic acids is 2. The number of amides is 1. The molecule has 18 nitrogen and oxygen atoms in total. The Labute approximate surface area is 356 Å². The van der Waals surface area contributed by atoms with Gasteiger partial charge in [-0.15, -0.1) is 0 Å². The Morgan fingerprint density at radius 2 is 1.15 bits per heavy atom. The Balaban J connectivity index is 0.930. The van der Waals surface area contributed by atoms with E-state index in [1.165, 1.54) is 47.4 Å². The summed E-state index contributed by atoms with van der Waals surface area (Å²) in [7, 11) is 0. The molecule has 3 aromatic rings. The highest BCUT2D eigenvalue weighted by Crippen LogP contribution is 2.37. The predicted molar refractivity (Wildman–Crippen MR) is 214 cm³/mol. The van der Waals surface area contributed by atoms with Gasteiger partial charge in [0.2, 0.25) is 0 Å². The van der Waals surface area contributed by atoms with Gasteiger partial charge in [-0.25, -0.2) is 9.59 Å². The Bertz CT molecular complexity index is 1800. The van der Waals surface area contributed by atoms with E-state index in [1.807, 2.05) is 0 Å². The van der Waals surface area contributed by atoms with Crippen LogP contribution < -0.4 is 10.5 Å². The van der Waals surface area contributed by atoms with Gasteiger partial charge in [0.1, 0.15) is 13.2 Å². The molecule has 2 N–H and O–H groups in total. The Hall–Kier alpha value is -4.42. The van der Waals surface area contributed by atoms with Gasteiger partial charge in [-0.1, -0.05) is 24.3 Å². The summed E-state index contributed by atoms with van der Waals surface area (Å²) in [6, 6.07) is 10.9. The molecule has 0 aliphatic carbocycles. The number of aliphatic hydroxyl groups excluding tert-OH is 1. The average molecular weight is 889 g/mol. The topological polar surface area (TPSA) is 201 Å². The van der Waals surface area contributed by atoms with Gasteiger partial charge in [0.25, 0.3) is 5.56 Å². The highest BCUT2D eigenvalue weighted by atomic mass is 19.4. The number of cyclic esters (lactones) is 1. The number of rotatable bonds is 33. The summed E-state index contributed by atoms with van der Waals surface area (Å²) in [4.78, 5) is 41.4. The summed E-state index contributed by atoms with van der Waals surface area (Å²) in [6.45, 7) is 6.74. The van der Waals surface area contributed by atoms with E-state index in [4.69, 9.17) is 61.9 Å². The predicted octanol–water partition coefficient (Wildman–Crippen LogP) is 3.83. The summed E-state index contributed by atoms with van der Waals surface area (Å²) < 4.78 is 104. The van der Waals surface area contributed by atoms with Crippen molar-refractivity contribution in [3.63, 3.8) is 0 Å².